The summed E-state index contributed by atoms with van der Waals surface area (Å²) in [5.74, 6) is -2.24. The van der Waals surface area contributed by atoms with Gasteiger partial charge in [0.2, 0.25) is 5.91 Å². The molecule has 1 aromatic heterocycles. The van der Waals surface area contributed by atoms with Crippen LogP contribution in [0.1, 0.15) is 18.4 Å². The Morgan fingerprint density at radius 2 is 1.74 bits per heavy atom. The second kappa shape index (κ2) is 9.38. The van der Waals surface area contributed by atoms with Gasteiger partial charge >= 0.3 is 0 Å². The first kappa shape index (κ1) is 23.6. The van der Waals surface area contributed by atoms with Gasteiger partial charge < -0.3 is 14.6 Å². The molecule has 1 fully saturated rings. The Balaban J connectivity index is 1.52. The predicted octanol–water partition coefficient (Wildman–Crippen LogP) is 3.54. The third-order valence-corrected chi connectivity index (χ3v) is 7.44. The molecule has 4 rings (SSSR count). The summed E-state index contributed by atoms with van der Waals surface area (Å²) < 4.78 is 44.1. The van der Waals surface area contributed by atoms with Crippen molar-refractivity contribution in [3.8, 4) is 11.3 Å². The van der Waals surface area contributed by atoms with Gasteiger partial charge in [-0.05, 0) is 31.2 Å². The lowest BCUT2D eigenvalue weighted by atomic mass is 9.96. The van der Waals surface area contributed by atoms with Crippen molar-refractivity contribution in [2.24, 2.45) is 0 Å². The van der Waals surface area contributed by atoms with E-state index in [4.69, 9.17) is 4.42 Å². The zero-order valence-corrected chi connectivity index (χ0v) is 19.3. The van der Waals surface area contributed by atoms with E-state index in [0.29, 0.717) is 17.1 Å². The highest BCUT2D eigenvalue weighted by atomic mass is 32.2. The van der Waals surface area contributed by atoms with E-state index >= 15 is 4.39 Å². The van der Waals surface area contributed by atoms with Crippen molar-refractivity contribution in [1.82, 2.24) is 4.98 Å². The Morgan fingerprint density at radius 1 is 1.09 bits per heavy atom. The van der Waals surface area contributed by atoms with Crippen LogP contribution in [0.25, 0.3) is 11.3 Å². The highest BCUT2D eigenvalue weighted by molar-refractivity contribution is 7.91. The normalized spacial score (nSPS) is 16.5. The van der Waals surface area contributed by atoms with Crippen LogP contribution in [0.3, 0.4) is 0 Å². The molecule has 0 unspecified atom stereocenters. The van der Waals surface area contributed by atoms with Gasteiger partial charge in [0.25, 0.3) is 5.91 Å². The molecule has 8 nitrogen and oxygen atoms in total. The topological polar surface area (TPSA) is 110 Å². The molecule has 1 N–H and O–H groups in total. The van der Waals surface area contributed by atoms with Crippen LogP contribution in [-0.4, -0.2) is 48.9 Å². The zero-order chi connectivity index (χ0) is 24.3. The molecule has 3 aromatic rings. The summed E-state index contributed by atoms with van der Waals surface area (Å²) in [5.41, 5.74) is 0.887. The van der Waals surface area contributed by atoms with E-state index < -0.39 is 58.2 Å². The van der Waals surface area contributed by atoms with Crippen molar-refractivity contribution in [2.45, 2.75) is 25.4 Å². The van der Waals surface area contributed by atoms with E-state index in [9.17, 15) is 18.0 Å². The molecule has 1 aliphatic heterocycles. The standard InChI is InChI=1S/C24H24FN3O5S/c1-17-2-8-20(9-3-17)28(23(30)24(25)10-12-34(31,32)13-11-24)14-22(29)27-19-6-4-18(5-7-19)21-15-33-16-26-21/h2-9,15-16H,10-14H2,1H3,(H,27,29). The minimum Gasteiger partial charge on any atom is -0.451 e. The second-order valence-corrected chi connectivity index (χ2v) is 10.6. The minimum absolute atomic E-state index is 0.359. The van der Waals surface area contributed by atoms with Crippen LogP contribution in [0.15, 0.2) is 65.6 Å². The SMILES string of the molecule is Cc1ccc(N(CC(=O)Nc2ccc(-c3cocn3)cc2)C(=O)C2(F)CCS(=O)(=O)CC2)cc1. The number of sulfone groups is 1. The summed E-state index contributed by atoms with van der Waals surface area (Å²) in [6.45, 7) is 1.44. The van der Waals surface area contributed by atoms with E-state index in [2.05, 4.69) is 10.3 Å². The van der Waals surface area contributed by atoms with Crippen LogP contribution < -0.4 is 10.2 Å². The largest absolute Gasteiger partial charge is 0.451 e. The molecule has 34 heavy (non-hydrogen) atoms. The molecule has 0 saturated carbocycles. The molecular formula is C24H24FN3O5S. The number of nitrogens with zero attached hydrogens (tertiary/aromatic N) is 2. The summed E-state index contributed by atoms with van der Waals surface area (Å²) >= 11 is 0. The van der Waals surface area contributed by atoms with E-state index in [0.717, 1.165) is 16.0 Å². The minimum atomic E-state index is -3.37. The smallest absolute Gasteiger partial charge is 0.265 e. The number of carbonyl (C=O) groups excluding carboxylic acids is 2. The summed E-state index contributed by atoms with van der Waals surface area (Å²) in [7, 11) is -3.37. The number of aryl methyl sites for hydroxylation is 1. The van der Waals surface area contributed by atoms with Gasteiger partial charge in [0, 0.05) is 29.8 Å². The molecule has 0 spiro atoms. The van der Waals surface area contributed by atoms with Crippen molar-refractivity contribution < 1.29 is 26.8 Å². The molecule has 2 heterocycles. The summed E-state index contributed by atoms with van der Waals surface area (Å²) in [4.78, 5) is 31.2. The fourth-order valence-corrected chi connectivity index (χ4v) is 5.22. The van der Waals surface area contributed by atoms with Gasteiger partial charge in [0.1, 0.15) is 18.5 Å². The molecule has 2 amide bonds. The first-order chi connectivity index (χ1) is 16.2. The summed E-state index contributed by atoms with van der Waals surface area (Å²) in [6, 6.07) is 13.7. The van der Waals surface area contributed by atoms with Crippen molar-refractivity contribution in [3.63, 3.8) is 0 Å². The average Bonchev–Trinajstić information content (AvgIpc) is 3.35. The number of aromatic nitrogens is 1. The molecule has 0 radical (unpaired) electrons. The number of oxazole rings is 1. The molecule has 0 aliphatic carbocycles. The Kier molecular flexibility index (Phi) is 6.52. The summed E-state index contributed by atoms with van der Waals surface area (Å²) in [5, 5.41) is 2.71. The number of hydrogen-bond acceptors (Lipinski definition) is 6. The van der Waals surface area contributed by atoms with Crippen LogP contribution in [0, 0.1) is 6.92 Å². The van der Waals surface area contributed by atoms with Gasteiger partial charge in [0.05, 0.1) is 11.5 Å². The maximum atomic E-state index is 15.6. The molecule has 178 valence electrons. The first-order valence-corrected chi connectivity index (χ1v) is 12.5. The van der Waals surface area contributed by atoms with E-state index in [1.165, 1.54) is 12.7 Å². The monoisotopic (exact) mass is 485 g/mol. The Labute approximate surface area is 196 Å². The highest BCUT2D eigenvalue weighted by Gasteiger charge is 2.46. The maximum absolute atomic E-state index is 15.6. The van der Waals surface area contributed by atoms with Crippen LogP contribution in [0.5, 0.6) is 0 Å². The van der Waals surface area contributed by atoms with Gasteiger partial charge in [-0.3, -0.25) is 9.59 Å². The van der Waals surface area contributed by atoms with Crippen LogP contribution in [0.4, 0.5) is 15.8 Å². The fraction of sp³-hybridized carbons (Fsp3) is 0.292. The second-order valence-electron chi connectivity index (χ2n) is 8.34. The van der Waals surface area contributed by atoms with Gasteiger partial charge in [-0.15, -0.1) is 0 Å². The quantitative estimate of drug-likeness (QED) is 0.572. The van der Waals surface area contributed by atoms with Gasteiger partial charge in [-0.1, -0.05) is 29.8 Å². The number of anilines is 2. The molecular weight excluding hydrogens is 461 g/mol. The Hall–Kier alpha value is -3.53. The number of nitrogens with one attached hydrogen (secondary N) is 1. The van der Waals surface area contributed by atoms with Crippen LogP contribution in [0.2, 0.25) is 0 Å². The third kappa shape index (κ3) is 5.33. The van der Waals surface area contributed by atoms with Crippen LogP contribution >= 0.6 is 0 Å². The zero-order valence-electron chi connectivity index (χ0n) is 18.5. The average molecular weight is 486 g/mol. The molecule has 0 bridgehead atoms. The number of benzene rings is 2. The number of rotatable bonds is 6. The number of amides is 2. The molecule has 10 heteroatoms. The molecule has 0 atom stereocenters. The Morgan fingerprint density at radius 3 is 2.32 bits per heavy atom. The number of carbonyl (C=O) groups is 2. The Bertz CT molecular complexity index is 1260. The van der Waals surface area contributed by atoms with E-state index in [-0.39, 0.29) is 0 Å². The number of halogens is 1. The van der Waals surface area contributed by atoms with Crippen molar-refractivity contribution in [2.75, 3.05) is 28.3 Å². The van der Waals surface area contributed by atoms with Crippen LogP contribution in [-0.2, 0) is 19.4 Å². The fourth-order valence-electron chi connectivity index (χ4n) is 3.75. The number of hydrogen-bond donors (Lipinski definition) is 1. The first-order valence-electron chi connectivity index (χ1n) is 10.7. The molecule has 1 saturated heterocycles. The molecule has 1 aliphatic rings. The van der Waals surface area contributed by atoms with Crippen molar-refractivity contribution in [3.05, 3.63) is 66.8 Å². The predicted molar refractivity (Wildman–Crippen MR) is 126 cm³/mol. The van der Waals surface area contributed by atoms with Crippen molar-refractivity contribution >= 4 is 33.0 Å². The molecule has 2 aromatic carbocycles. The van der Waals surface area contributed by atoms with Gasteiger partial charge in [-0.2, -0.15) is 0 Å². The van der Waals surface area contributed by atoms with Crippen molar-refractivity contribution in [1.29, 1.82) is 0 Å². The highest BCUT2D eigenvalue weighted by Crippen LogP contribution is 2.32. The third-order valence-electron chi connectivity index (χ3n) is 5.79. The lowest BCUT2D eigenvalue weighted by Gasteiger charge is -2.33. The van der Waals surface area contributed by atoms with E-state index in [1.54, 1.807) is 48.5 Å². The summed E-state index contributed by atoms with van der Waals surface area (Å²) in [6.07, 6.45) is 1.96. The van der Waals surface area contributed by atoms with E-state index in [1.807, 2.05) is 6.92 Å². The maximum Gasteiger partial charge on any atom is 0.265 e. The van der Waals surface area contributed by atoms with Gasteiger partial charge in [0.15, 0.2) is 21.9 Å². The number of alkyl halides is 1. The van der Waals surface area contributed by atoms with Gasteiger partial charge in [-0.25, -0.2) is 17.8 Å². The lowest BCUT2D eigenvalue weighted by molar-refractivity contribution is -0.131. The lowest BCUT2D eigenvalue weighted by Crippen LogP contribution is -2.52.